The molecule has 5 nitrogen and oxygen atoms in total. The van der Waals surface area contributed by atoms with Crippen molar-refractivity contribution in [3.63, 3.8) is 0 Å². The van der Waals surface area contributed by atoms with Crippen LogP contribution in [0.3, 0.4) is 0 Å². The fourth-order valence-electron chi connectivity index (χ4n) is 3.63. The van der Waals surface area contributed by atoms with Crippen LogP contribution in [0.4, 0.5) is 5.69 Å². The van der Waals surface area contributed by atoms with Gasteiger partial charge >= 0.3 is 0 Å². The molecular formula is C19H26BrN3O2S2. The Kier molecular flexibility index (Phi) is 7.30. The third-order valence-corrected chi connectivity index (χ3v) is 8.42. The summed E-state index contributed by atoms with van der Waals surface area (Å²) in [6.07, 6.45) is 8.25. The molecule has 1 heterocycles. The maximum absolute atomic E-state index is 12.6. The first kappa shape index (κ1) is 20.8. The fourth-order valence-corrected chi connectivity index (χ4v) is 6.49. The summed E-state index contributed by atoms with van der Waals surface area (Å²) in [5.41, 5.74) is 1.54. The molecule has 0 spiro atoms. The molecule has 0 saturated heterocycles. The number of halogens is 1. The van der Waals surface area contributed by atoms with Crippen LogP contribution < -0.4 is 10.0 Å². The lowest BCUT2D eigenvalue weighted by molar-refractivity contribution is 0.256. The molecule has 0 radical (unpaired) electrons. The molecule has 0 bridgehead atoms. The largest absolute Gasteiger partial charge is 0.312 e. The van der Waals surface area contributed by atoms with Crippen molar-refractivity contribution < 1.29 is 8.42 Å². The zero-order valence-electron chi connectivity index (χ0n) is 15.4. The topological polar surface area (TPSA) is 71.1 Å². The van der Waals surface area contributed by atoms with Crippen molar-refractivity contribution in [2.24, 2.45) is 11.8 Å². The highest BCUT2D eigenvalue weighted by molar-refractivity contribution is 9.11. The van der Waals surface area contributed by atoms with Gasteiger partial charge in [-0.3, -0.25) is 4.72 Å². The van der Waals surface area contributed by atoms with Gasteiger partial charge in [0, 0.05) is 6.54 Å². The smallest absolute Gasteiger partial charge is 0.289 e. The molecule has 1 saturated carbocycles. The molecular weight excluding hydrogens is 446 g/mol. The number of nitrogens with zero attached hydrogens (tertiary/aromatic N) is 1. The predicted molar refractivity (Wildman–Crippen MR) is 115 cm³/mol. The van der Waals surface area contributed by atoms with Gasteiger partial charge in [0.1, 0.15) is 0 Å². The molecule has 1 unspecified atom stereocenters. The molecule has 3 rings (SSSR count). The lowest BCUT2D eigenvalue weighted by Gasteiger charge is -2.28. The van der Waals surface area contributed by atoms with E-state index in [4.69, 9.17) is 0 Å². The Morgan fingerprint density at radius 1 is 1.26 bits per heavy atom. The Morgan fingerprint density at radius 3 is 2.70 bits per heavy atom. The molecule has 2 aromatic rings. The molecule has 27 heavy (non-hydrogen) atoms. The number of benzene rings is 1. The summed E-state index contributed by atoms with van der Waals surface area (Å²) in [4.78, 5) is 3.96. The first-order valence-electron chi connectivity index (χ1n) is 9.38. The lowest BCUT2D eigenvalue weighted by Crippen LogP contribution is -2.27. The van der Waals surface area contributed by atoms with Crippen molar-refractivity contribution >= 4 is 43.0 Å². The summed E-state index contributed by atoms with van der Waals surface area (Å²) in [5, 5.41) is 3.51. The van der Waals surface area contributed by atoms with Crippen molar-refractivity contribution in [1.29, 1.82) is 0 Å². The molecule has 1 aromatic carbocycles. The Balaban J connectivity index is 1.60. The van der Waals surface area contributed by atoms with Crippen molar-refractivity contribution in [1.82, 2.24) is 10.3 Å². The van der Waals surface area contributed by atoms with Crippen LogP contribution in [-0.4, -0.2) is 19.9 Å². The molecule has 0 aliphatic heterocycles. The van der Waals surface area contributed by atoms with Gasteiger partial charge in [0.05, 0.1) is 15.7 Å². The second-order valence-corrected chi connectivity index (χ2v) is 11.5. The maximum Gasteiger partial charge on any atom is 0.289 e. The Hall–Kier alpha value is -0.960. The van der Waals surface area contributed by atoms with Crippen molar-refractivity contribution in [2.45, 2.75) is 49.9 Å². The van der Waals surface area contributed by atoms with Crippen LogP contribution in [0, 0.1) is 11.8 Å². The normalized spacial score (nSPS) is 17.0. The molecule has 8 heteroatoms. The van der Waals surface area contributed by atoms with Gasteiger partial charge < -0.3 is 5.32 Å². The van der Waals surface area contributed by atoms with Crippen LogP contribution in [0.5, 0.6) is 0 Å². The molecule has 1 aromatic heterocycles. The lowest BCUT2D eigenvalue weighted by atomic mass is 9.81. The quantitative estimate of drug-likeness (QED) is 0.567. The minimum Gasteiger partial charge on any atom is -0.312 e. The first-order valence-corrected chi connectivity index (χ1v) is 12.5. The maximum atomic E-state index is 12.6. The van der Waals surface area contributed by atoms with E-state index in [2.05, 4.69) is 37.9 Å². The fraction of sp³-hybridized carbons (Fsp3) is 0.526. The number of sulfonamides is 1. The van der Waals surface area contributed by atoms with Crippen LogP contribution >= 0.6 is 27.3 Å². The van der Waals surface area contributed by atoms with Crippen LogP contribution in [0.2, 0.25) is 0 Å². The zero-order chi connectivity index (χ0) is 19.3. The number of thiazole rings is 1. The predicted octanol–water partition coefficient (Wildman–Crippen LogP) is 5.01. The van der Waals surface area contributed by atoms with E-state index in [1.54, 1.807) is 6.07 Å². The van der Waals surface area contributed by atoms with Crippen LogP contribution in [0.25, 0.3) is 0 Å². The highest BCUT2D eigenvalue weighted by atomic mass is 79.9. The number of para-hydroxylation sites is 1. The molecule has 1 aliphatic carbocycles. The second-order valence-electron chi connectivity index (χ2n) is 7.20. The van der Waals surface area contributed by atoms with E-state index in [9.17, 15) is 8.42 Å². The Bertz CT molecular complexity index is 848. The monoisotopic (exact) mass is 471 g/mol. The Labute approximate surface area is 174 Å². The summed E-state index contributed by atoms with van der Waals surface area (Å²) in [6.45, 7) is 3.90. The molecule has 1 atom stereocenters. The molecule has 0 amide bonds. The summed E-state index contributed by atoms with van der Waals surface area (Å²) in [7, 11) is -3.67. The minimum absolute atomic E-state index is 0.0584. The second kappa shape index (κ2) is 9.49. The minimum atomic E-state index is -3.67. The van der Waals surface area contributed by atoms with Crippen molar-refractivity contribution in [3.8, 4) is 0 Å². The number of hydrogen-bond acceptors (Lipinski definition) is 5. The summed E-state index contributed by atoms with van der Waals surface area (Å²) < 4.78 is 28.5. The number of hydrogen-bond donors (Lipinski definition) is 2. The van der Waals surface area contributed by atoms with Crippen LogP contribution in [0.15, 0.2) is 38.6 Å². The van der Waals surface area contributed by atoms with Gasteiger partial charge in [-0.15, -0.1) is 0 Å². The summed E-state index contributed by atoms with van der Waals surface area (Å²) in [6, 6.07) is 7.51. The van der Waals surface area contributed by atoms with E-state index in [0.717, 1.165) is 29.4 Å². The van der Waals surface area contributed by atoms with Crippen molar-refractivity contribution in [2.75, 3.05) is 11.3 Å². The van der Waals surface area contributed by atoms with E-state index in [-0.39, 0.29) is 4.34 Å². The molecule has 1 fully saturated rings. The average Bonchev–Trinajstić information content (AvgIpc) is 3.11. The van der Waals surface area contributed by atoms with Crippen molar-refractivity contribution in [3.05, 3.63) is 39.8 Å². The number of anilines is 1. The van der Waals surface area contributed by atoms with Crippen LogP contribution in [0.1, 0.15) is 44.6 Å². The summed E-state index contributed by atoms with van der Waals surface area (Å²) >= 11 is 4.36. The zero-order valence-corrected chi connectivity index (χ0v) is 18.7. The van der Waals surface area contributed by atoms with Gasteiger partial charge in [0.15, 0.2) is 0 Å². The van der Waals surface area contributed by atoms with E-state index >= 15 is 0 Å². The third kappa shape index (κ3) is 5.76. The van der Waals surface area contributed by atoms with Gasteiger partial charge in [-0.05, 0) is 45.9 Å². The van der Waals surface area contributed by atoms with Gasteiger partial charge in [0.2, 0.25) is 4.34 Å². The van der Waals surface area contributed by atoms with Gasteiger partial charge in [-0.25, -0.2) is 4.98 Å². The van der Waals surface area contributed by atoms with E-state index in [1.165, 1.54) is 38.3 Å². The van der Waals surface area contributed by atoms with Crippen LogP contribution in [-0.2, 0) is 16.6 Å². The number of aromatic nitrogens is 1. The standard InChI is InChI=1S/C19H26BrN3O2S2/c1-14(15-7-3-2-4-8-15)11-21-12-16-9-5-6-10-17(16)23-27(24,25)19-22-13-18(20)26-19/h5-6,9-10,13-15,21,23H,2-4,7-8,11-12H2,1H3. The highest BCUT2D eigenvalue weighted by Gasteiger charge is 2.21. The number of nitrogens with one attached hydrogen (secondary N) is 2. The molecule has 148 valence electrons. The highest BCUT2D eigenvalue weighted by Crippen LogP contribution is 2.30. The van der Waals surface area contributed by atoms with Gasteiger partial charge in [-0.1, -0.05) is 68.6 Å². The van der Waals surface area contributed by atoms with E-state index < -0.39 is 10.0 Å². The van der Waals surface area contributed by atoms with E-state index in [1.807, 2.05) is 18.2 Å². The molecule has 1 aliphatic rings. The average molecular weight is 472 g/mol. The third-order valence-electron chi connectivity index (χ3n) is 5.18. The van der Waals surface area contributed by atoms with E-state index in [0.29, 0.717) is 21.9 Å². The Morgan fingerprint density at radius 2 is 2.00 bits per heavy atom. The van der Waals surface area contributed by atoms with Gasteiger partial charge in [-0.2, -0.15) is 8.42 Å². The SMILES string of the molecule is CC(CNCc1ccccc1NS(=O)(=O)c1ncc(Br)s1)C1CCCCC1. The summed E-state index contributed by atoms with van der Waals surface area (Å²) in [5.74, 6) is 1.45. The number of rotatable bonds is 8. The molecule has 2 N–H and O–H groups in total. The first-order chi connectivity index (χ1) is 13.0. The van der Waals surface area contributed by atoms with Gasteiger partial charge in [0.25, 0.3) is 10.0 Å².